The molecule has 7 nitrogen and oxygen atoms in total. The van der Waals surface area contributed by atoms with Crippen LogP contribution in [-0.2, 0) is 4.74 Å². The third kappa shape index (κ3) is 5.14. The molecule has 0 radical (unpaired) electrons. The number of nitrogens with zero attached hydrogens (tertiary/aromatic N) is 3. The van der Waals surface area contributed by atoms with Gasteiger partial charge in [-0.05, 0) is 24.6 Å². The lowest BCUT2D eigenvalue weighted by Gasteiger charge is -2.26. The summed E-state index contributed by atoms with van der Waals surface area (Å²) in [6.45, 7) is 7.02. The number of hydrogen-bond acceptors (Lipinski definition) is 6. The Morgan fingerprint density at radius 3 is 2.73 bits per heavy atom. The van der Waals surface area contributed by atoms with Gasteiger partial charge in [0, 0.05) is 49.3 Å². The van der Waals surface area contributed by atoms with Crippen molar-refractivity contribution in [3.63, 3.8) is 0 Å². The largest absolute Gasteiger partial charge is 0.379 e. The van der Waals surface area contributed by atoms with Crippen molar-refractivity contribution in [3.05, 3.63) is 46.7 Å². The molecule has 8 heteroatoms. The van der Waals surface area contributed by atoms with Gasteiger partial charge in [-0.1, -0.05) is 17.7 Å². The van der Waals surface area contributed by atoms with Crippen molar-refractivity contribution in [2.75, 3.05) is 50.0 Å². The van der Waals surface area contributed by atoms with Crippen LogP contribution in [0.1, 0.15) is 15.9 Å². The summed E-state index contributed by atoms with van der Waals surface area (Å²) in [6.07, 6.45) is 3.03. The fourth-order valence-corrected chi connectivity index (χ4v) is 2.78. The van der Waals surface area contributed by atoms with E-state index in [4.69, 9.17) is 16.3 Å². The van der Waals surface area contributed by atoms with E-state index in [1.165, 1.54) is 12.4 Å². The van der Waals surface area contributed by atoms with Gasteiger partial charge in [0.25, 0.3) is 5.91 Å². The highest BCUT2D eigenvalue weighted by atomic mass is 35.5. The van der Waals surface area contributed by atoms with Crippen LogP contribution < -0.4 is 10.6 Å². The van der Waals surface area contributed by atoms with Crippen LogP contribution in [0.2, 0.25) is 5.02 Å². The maximum atomic E-state index is 12.3. The van der Waals surface area contributed by atoms with Crippen molar-refractivity contribution in [2.45, 2.75) is 6.92 Å². The molecule has 1 fully saturated rings. The molecular weight excluding hydrogens is 354 g/mol. The molecule has 26 heavy (non-hydrogen) atoms. The second kappa shape index (κ2) is 8.93. The van der Waals surface area contributed by atoms with Crippen molar-refractivity contribution in [2.24, 2.45) is 0 Å². The van der Waals surface area contributed by atoms with Crippen molar-refractivity contribution in [1.82, 2.24) is 14.9 Å². The first kappa shape index (κ1) is 18.6. The van der Waals surface area contributed by atoms with Gasteiger partial charge in [-0.25, -0.2) is 9.97 Å². The fraction of sp³-hybridized carbons (Fsp3) is 0.389. The lowest BCUT2D eigenvalue weighted by Crippen LogP contribution is -2.39. The standard InChI is InChI=1S/C18H22ClN5O2/c1-13-2-3-15(19)10-16(13)23-17(25)14-11-21-18(22-12-14)20-4-5-24-6-8-26-9-7-24/h2-3,10-12H,4-9H2,1H3,(H,23,25)(H,20,21,22). The smallest absolute Gasteiger partial charge is 0.258 e. The number of aryl methyl sites for hydroxylation is 1. The van der Waals surface area contributed by atoms with Gasteiger partial charge in [0.2, 0.25) is 5.95 Å². The van der Waals surface area contributed by atoms with Crippen LogP contribution in [0.4, 0.5) is 11.6 Å². The van der Waals surface area contributed by atoms with Crippen LogP contribution in [0.25, 0.3) is 0 Å². The third-order valence-corrected chi connectivity index (χ3v) is 4.41. The number of amides is 1. The van der Waals surface area contributed by atoms with Crippen molar-refractivity contribution in [3.8, 4) is 0 Å². The molecule has 0 bridgehead atoms. The first-order chi connectivity index (χ1) is 12.6. The summed E-state index contributed by atoms with van der Waals surface area (Å²) in [5.74, 6) is 0.240. The molecule has 0 saturated carbocycles. The Labute approximate surface area is 157 Å². The molecule has 1 aliphatic rings. The number of halogens is 1. The Balaban J connectivity index is 1.51. The SMILES string of the molecule is Cc1ccc(Cl)cc1NC(=O)c1cnc(NCCN2CCOCC2)nc1. The van der Waals surface area contributed by atoms with E-state index in [0.29, 0.717) is 22.2 Å². The minimum absolute atomic E-state index is 0.268. The topological polar surface area (TPSA) is 79.4 Å². The summed E-state index contributed by atoms with van der Waals surface area (Å²) in [4.78, 5) is 23.1. The van der Waals surface area contributed by atoms with Crippen molar-refractivity contribution < 1.29 is 9.53 Å². The predicted molar refractivity (Wildman–Crippen MR) is 102 cm³/mol. The van der Waals surface area contributed by atoms with Gasteiger partial charge in [-0.2, -0.15) is 0 Å². The molecule has 1 amide bonds. The zero-order valence-corrected chi connectivity index (χ0v) is 15.4. The van der Waals surface area contributed by atoms with Gasteiger partial charge < -0.3 is 15.4 Å². The van der Waals surface area contributed by atoms with E-state index in [9.17, 15) is 4.79 Å². The van der Waals surface area contributed by atoms with Gasteiger partial charge in [0.1, 0.15) is 0 Å². The molecule has 138 valence electrons. The highest BCUT2D eigenvalue weighted by Crippen LogP contribution is 2.20. The molecule has 0 spiro atoms. The molecule has 2 N–H and O–H groups in total. The van der Waals surface area contributed by atoms with Gasteiger partial charge in [0.15, 0.2) is 0 Å². The second-order valence-corrected chi connectivity index (χ2v) is 6.53. The summed E-state index contributed by atoms with van der Waals surface area (Å²) in [6, 6.07) is 5.36. The number of carbonyl (C=O) groups is 1. The molecule has 0 unspecified atom stereocenters. The zero-order valence-electron chi connectivity index (χ0n) is 14.7. The lowest BCUT2D eigenvalue weighted by atomic mass is 10.2. The number of rotatable bonds is 6. The van der Waals surface area contributed by atoms with E-state index in [2.05, 4.69) is 25.5 Å². The number of ether oxygens (including phenoxy) is 1. The molecule has 1 saturated heterocycles. The van der Waals surface area contributed by atoms with Gasteiger partial charge in [-0.15, -0.1) is 0 Å². The van der Waals surface area contributed by atoms with E-state index in [1.807, 2.05) is 13.0 Å². The Morgan fingerprint density at radius 1 is 1.27 bits per heavy atom. The summed E-state index contributed by atoms with van der Waals surface area (Å²) < 4.78 is 5.32. The number of anilines is 2. The molecule has 2 aromatic rings. The summed E-state index contributed by atoms with van der Waals surface area (Å²) >= 11 is 5.98. The first-order valence-corrected chi connectivity index (χ1v) is 8.93. The Kier molecular flexibility index (Phi) is 6.38. The predicted octanol–water partition coefficient (Wildman–Crippen LogP) is 2.43. The number of nitrogens with one attached hydrogen (secondary N) is 2. The van der Waals surface area contributed by atoms with Crippen LogP contribution in [0.5, 0.6) is 0 Å². The third-order valence-electron chi connectivity index (χ3n) is 4.18. The normalized spacial score (nSPS) is 14.8. The highest BCUT2D eigenvalue weighted by Gasteiger charge is 2.11. The maximum Gasteiger partial charge on any atom is 0.258 e. The first-order valence-electron chi connectivity index (χ1n) is 8.55. The van der Waals surface area contributed by atoms with Crippen LogP contribution in [0.3, 0.4) is 0 Å². The number of aromatic nitrogens is 2. The monoisotopic (exact) mass is 375 g/mol. The average molecular weight is 376 g/mol. The van der Waals surface area contributed by atoms with E-state index in [0.717, 1.165) is 45.0 Å². The number of hydrogen-bond donors (Lipinski definition) is 2. The average Bonchev–Trinajstić information content (AvgIpc) is 2.66. The summed E-state index contributed by atoms with van der Waals surface area (Å²) in [5, 5.41) is 6.57. The molecule has 0 aliphatic carbocycles. The molecule has 3 rings (SSSR count). The number of morpholine rings is 1. The maximum absolute atomic E-state index is 12.3. The minimum Gasteiger partial charge on any atom is -0.379 e. The Bertz CT molecular complexity index is 748. The van der Waals surface area contributed by atoms with Crippen LogP contribution >= 0.6 is 11.6 Å². The van der Waals surface area contributed by atoms with Crippen LogP contribution in [0, 0.1) is 6.92 Å². The van der Waals surface area contributed by atoms with Gasteiger partial charge >= 0.3 is 0 Å². The van der Waals surface area contributed by atoms with E-state index in [1.54, 1.807) is 12.1 Å². The molecule has 2 heterocycles. The van der Waals surface area contributed by atoms with Gasteiger partial charge in [0.05, 0.1) is 18.8 Å². The number of carbonyl (C=O) groups excluding carboxylic acids is 1. The minimum atomic E-state index is -0.268. The van der Waals surface area contributed by atoms with Crippen molar-refractivity contribution in [1.29, 1.82) is 0 Å². The fourth-order valence-electron chi connectivity index (χ4n) is 2.61. The Hall–Kier alpha value is -2.22. The number of benzene rings is 1. The van der Waals surface area contributed by atoms with Gasteiger partial charge in [-0.3, -0.25) is 9.69 Å². The molecule has 1 aromatic carbocycles. The summed E-state index contributed by atoms with van der Waals surface area (Å²) in [5.41, 5.74) is 2.00. The Morgan fingerprint density at radius 2 is 2.00 bits per heavy atom. The van der Waals surface area contributed by atoms with E-state index in [-0.39, 0.29) is 5.91 Å². The van der Waals surface area contributed by atoms with E-state index >= 15 is 0 Å². The molecule has 0 atom stereocenters. The quantitative estimate of drug-likeness (QED) is 0.807. The van der Waals surface area contributed by atoms with Crippen molar-refractivity contribution >= 4 is 29.1 Å². The lowest BCUT2D eigenvalue weighted by molar-refractivity contribution is 0.0398. The molecule has 1 aromatic heterocycles. The van der Waals surface area contributed by atoms with Crippen LogP contribution in [-0.4, -0.2) is 60.2 Å². The highest BCUT2D eigenvalue weighted by molar-refractivity contribution is 6.31. The zero-order chi connectivity index (χ0) is 18.4. The van der Waals surface area contributed by atoms with E-state index < -0.39 is 0 Å². The molecular formula is C18H22ClN5O2. The van der Waals surface area contributed by atoms with Crippen LogP contribution in [0.15, 0.2) is 30.6 Å². The second-order valence-electron chi connectivity index (χ2n) is 6.09. The molecule has 1 aliphatic heterocycles. The summed E-state index contributed by atoms with van der Waals surface area (Å²) in [7, 11) is 0.